The van der Waals surface area contributed by atoms with Gasteiger partial charge in [0.15, 0.2) is 5.60 Å². The first-order valence-electron chi connectivity index (χ1n) is 12.4. The van der Waals surface area contributed by atoms with Gasteiger partial charge in [-0.25, -0.2) is 4.98 Å². The van der Waals surface area contributed by atoms with Gasteiger partial charge in [-0.2, -0.15) is 13.2 Å². The topological polar surface area (TPSA) is 69.8 Å². The summed E-state index contributed by atoms with van der Waals surface area (Å²) < 4.78 is 48.9. The molecule has 2 aliphatic rings. The van der Waals surface area contributed by atoms with Gasteiger partial charge in [-0.3, -0.25) is 4.79 Å². The van der Waals surface area contributed by atoms with Crippen molar-refractivity contribution in [1.82, 2.24) is 9.88 Å². The molecule has 2 aromatic carbocycles. The maximum absolute atomic E-state index is 14.5. The largest absolute Gasteiger partial charge is 0.445 e. The van der Waals surface area contributed by atoms with Crippen LogP contribution in [0.5, 0.6) is 0 Å². The number of carbonyl (C=O) groups is 1. The lowest BCUT2D eigenvalue weighted by molar-refractivity contribution is -0.142. The normalized spacial score (nSPS) is 23.2. The number of anilines is 1. The molecule has 1 unspecified atom stereocenters. The van der Waals surface area contributed by atoms with Crippen molar-refractivity contribution in [2.24, 2.45) is 5.92 Å². The van der Waals surface area contributed by atoms with E-state index in [2.05, 4.69) is 23.7 Å². The minimum Gasteiger partial charge on any atom is -0.445 e. The van der Waals surface area contributed by atoms with Crippen molar-refractivity contribution in [2.75, 3.05) is 24.5 Å². The zero-order valence-corrected chi connectivity index (χ0v) is 22.2. The zero-order valence-electron chi connectivity index (χ0n) is 20.7. The SMILES string of the molecule is CCN(CC)C1CC(CN2C(=O)C(O)(c3ccc(Cl)cc3Cl)c3c2cc(-c2ncco2)cc3C(F)(F)F)C1. The van der Waals surface area contributed by atoms with Gasteiger partial charge in [0.2, 0.25) is 5.89 Å². The third kappa shape index (κ3) is 4.39. The number of hydrogen-bond acceptors (Lipinski definition) is 5. The molecule has 0 bridgehead atoms. The fourth-order valence-corrected chi connectivity index (χ4v) is 6.25. The average Bonchev–Trinajstić information content (AvgIpc) is 3.44. The van der Waals surface area contributed by atoms with Crippen LogP contribution in [0.1, 0.15) is 43.4 Å². The van der Waals surface area contributed by atoms with Crippen LogP contribution in [-0.4, -0.2) is 46.6 Å². The van der Waals surface area contributed by atoms with E-state index in [0.717, 1.165) is 32.0 Å². The van der Waals surface area contributed by atoms with Crippen molar-refractivity contribution < 1.29 is 27.5 Å². The van der Waals surface area contributed by atoms with E-state index in [-0.39, 0.29) is 45.2 Å². The number of aliphatic hydroxyl groups is 1. The summed E-state index contributed by atoms with van der Waals surface area (Å²) in [4.78, 5) is 21.5. The van der Waals surface area contributed by atoms with Crippen LogP contribution in [0, 0.1) is 5.92 Å². The molecule has 6 nitrogen and oxygen atoms in total. The summed E-state index contributed by atoms with van der Waals surface area (Å²) in [5.41, 5.74) is -4.56. The predicted octanol–water partition coefficient (Wildman–Crippen LogP) is 6.37. The molecule has 3 aromatic rings. The molecular weight excluding hydrogens is 542 g/mol. The Balaban J connectivity index is 1.66. The molecule has 5 rings (SSSR count). The second kappa shape index (κ2) is 9.86. The molecule has 202 valence electrons. The zero-order chi connectivity index (χ0) is 27.4. The van der Waals surface area contributed by atoms with Gasteiger partial charge in [0.05, 0.1) is 17.4 Å². The number of rotatable bonds is 7. The summed E-state index contributed by atoms with van der Waals surface area (Å²) in [5, 5.41) is 12.0. The van der Waals surface area contributed by atoms with Crippen molar-refractivity contribution in [1.29, 1.82) is 0 Å². The molecule has 1 fully saturated rings. The van der Waals surface area contributed by atoms with Crippen molar-refractivity contribution in [2.45, 2.75) is 44.5 Å². The molecule has 1 saturated carbocycles. The summed E-state index contributed by atoms with van der Waals surface area (Å²) >= 11 is 12.4. The van der Waals surface area contributed by atoms with E-state index in [1.165, 1.54) is 41.6 Å². The molecular formula is C27H26Cl2F3N3O3. The van der Waals surface area contributed by atoms with Gasteiger partial charge < -0.3 is 19.3 Å². The maximum atomic E-state index is 14.5. The molecule has 38 heavy (non-hydrogen) atoms. The van der Waals surface area contributed by atoms with E-state index in [0.29, 0.717) is 6.04 Å². The van der Waals surface area contributed by atoms with Crippen LogP contribution in [0.25, 0.3) is 11.5 Å². The van der Waals surface area contributed by atoms with Crippen molar-refractivity contribution >= 4 is 34.8 Å². The highest BCUT2D eigenvalue weighted by Crippen LogP contribution is 2.53. The summed E-state index contributed by atoms with van der Waals surface area (Å²) in [7, 11) is 0. The monoisotopic (exact) mass is 567 g/mol. The van der Waals surface area contributed by atoms with Crippen LogP contribution in [0.3, 0.4) is 0 Å². The highest BCUT2D eigenvalue weighted by Gasteiger charge is 2.57. The van der Waals surface area contributed by atoms with Gasteiger partial charge in [0, 0.05) is 39.3 Å². The minimum absolute atomic E-state index is 0.0316. The lowest BCUT2D eigenvalue weighted by Gasteiger charge is -2.43. The molecule has 0 spiro atoms. The molecule has 1 aliphatic carbocycles. The number of oxazole rings is 1. The highest BCUT2D eigenvalue weighted by atomic mass is 35.5. The molecule has 1 aliphatic heterocycles. The summed E-state index contributed by atoms with van der Waals surface area (Å²) in [6.45, 7) is 6.10. The first-order chi connectivity index (χ1) is 18.0. The second-order valence-electron chi connectivity index (χ2n) is 9.72. The van der Waals surface area contributed by atoms with Crippen molar-refractivity contribution in [3.63, 3.8) is 0 Å². The Kier molecular flexibility index (Phi) is 7.01. The van der Waals surface area contributed by atoms with E-state index in [4.69, 9.17) is 27.6 Å². The number of halogens is 5. The highest BCUT2D eigenvalue weighted by molar-refractivity contribution is 6.35. The number of benzene rings is 2. The fourth-order valence-electron chi connectivity index (χ4n) is 5.70. The number of carbonyl (C=O) groups excluding carboxylic acids is 1. The summed E-state index contributed by atoms with van der Waals surface area (Å²) in [6, 6.07) is 6.57. The molecule has 1 amide bonds. The average molecular weight is 568 g/mol. The Morgan fingerprint density at radius 3 is 2.47 bits per heavy atom. The first-order valence-corrected chi connectivity index (χ1v) is 13.1. The van der Waals surface area contributed by atoms with Crippen LogP contribution < -0.4 is 4.90 Å². The number of alkyl halides is 3. The van der Waals surface area contributed by atoms with E-state index in [9.17, 15) is 23.1 Å². The Hall–Kier alpha value is -2.59. The fraction of sp³-hybridized carbons (Fsp3) is 0.407. The molecule has 0 radical (unpaired) electrons. The maximum Gasteiger partial charge on any atom is 0.416 e. The number of hydrogen-bond donors (Lipinski definition) is 1. The van der Waals surface area contributed by atoms with Crippen LogP contribution in [0.15, 0.2) is 47.2 Å². The van der Waals surface area contributed by atoms with Gasteiger partial charge in [0.25, 0.3) is 5.91 Å². The minimum atomic E-state index is -4.90. The summed E-state index contributed by atoms with van der Waals surface area (Å²) in [6.07, 6.45) is -0.728. The number of aromatic nitrogens is 1. The van der Waals surface area contributed by atoms with Gasteiger partial charge in [-0.15, -0.1) is 0 Å². The van der Waals surface area contributed by atoms with Crippen molar-refractivity contribution in [3.8, 4) is 11.5 Å². The predicted molar refractivity (Wildman–Crippen MR) is 138 cm³/mol. The third-order valence-corrected chi connectivity index (χ3v) is 8.16. The smallest absolute Gasteiger partial charge is 0.416 e. The van der Waals surface area contributed by atoms with Gasteiger partial charge >= 0.3 is 6.18 Å². The summed E-state index contributed by atoms with van der Waals surface area (Å²) in [5.74, 6) is -0.867. The number of nitrogens with zero attached hydrogens (tertiary/aromatic N) is 3. The van der Waals surface area contributed by atoms with Crippen molar-refractivity contribution in [3.05, 3.63) is 69.5 Å². The quantitative estimate of drug-likeness (QED) is 0.359. The van der Waals surface area contributed by atoms with E-state index in [1.54, 1.807) is 0 Å². The van der Waals surface area contributed by atoms with Crippen LogP contribution in [-0.2, 0) is 16.6 Å². The lowest BCUT2D eigenvalue weighted by Crippen LogP contribution is -2.50. The number of amides is 1. The Morgan fingerprint density at radius 2 is 1.89 bits per heavy atom. The van der Waals surface area contributed by atoms with Crippen LogP contribution in [0.2, 0.25) is 10.0 Å². The van der Waals surface area contributed by atoms with Gasteiger partial charge in [0.1, 0.15) is 6.26 Å². The van der Waals surface area contributed by atoms with E-state index >= 15 is 0 Å². The number of fused-ring (bicyclic) bond motifs is 1. The molecule has 1 aromatic heterocycles. The van der Waals surface area contributed by atoms with Gasteiger partial charge in [-0.05, 0) is 56.1 Å². The molecule has 11 heteroatoms. The second-order valence-corrected chi connectivity index (χ2v) is 10.6. The molecule has 1 atom stereocenters. The standard InChI is InChI=1S/C27H26Cl2F3N3O3/c1-3-34(4-2)18-9-15(10-18)14-35-22-12-16(24-33-7-8-38-24)11-20(27(30,31)32)23(22)26(37,25(35)36)19-6-5-17(28)13-21(19)29/h5-8,11-13,15,18,37H,3-4,9-10,14H2,1-2H3. The van der Waals surface area contributed by atoms with E-state index < -0.39 is 28.8 Å². The first kappa shape index (κ1) is 27.0. The van der Waals surface area contributed by atoms with Crippen LogP contribution >= 0.6 is 23.2 Å². The molecule has 2 heterocycles. The van der Waals surface area contributed by atoms with Crippen LogP contribution in [0.4, 0.5) is 18.9 Å². The Morgan fingerprint density at radius 1 is 1.18 bits per heavy atom. The molecule has 0 saturated heterocycles. The Labute approximate surface area is 228 Å². The Bertz CT molecular complexity index is 1360. The lowest BCUT2D eigenvalue weighted by atomic mass is 9.78. The third-order valence-electron chi connectivity index (χ3n) is 7.61. The van der Waals surface area contributed by atoms with E-state index in [1.807, 2.05) is 0 Å². The molecule has 1 N–H and O–H groups in total. The van der Waals surface area contributed by atoms with Gasteiger partial charge in [-0.1, -0.05) is 43.1 Å².